The van der Waals surface area contributed by atoms with Crippen molar-refractivity contribution in [2.24, 2.45) is 0 Å². The lowest BCUT2D eigenvalue weighted by Gasteiger charge is -2.02. The molecule has 0 fully saturated rings. The second-order valence-corrected chi connectivity index (χ2v) is 6.07. The van der Waals surface area contributed by atoms with Crippen molar-refractivity contribution in [3.05, 3.63) is 84.6 Å². The molecule has 0 unspecified atom stereocenters. The number of rotatable bonds is 4. The average Bonchev–Trinajstić information content (AvgIpc) is 3.19. The Morgan fingerprint density at radius 3 is 2.25 bits per heavy atom. The molecule has 0 saturated carbocycles. The molecule has 3 aromatic carbocycles. The molecule has 0 aliphatic carbocycles. The first-order valence-electron chi connectivity index (χ1n) is 8.60. The average molecular weight is 362 g/mol. The summed E-state index contributed by atoms with van der Waals surface area (Å²) in [5, 5.41) is 20.5. The van der Waals surface area contributed by atoms with E-state index in [0.717, 1.165) is 22.4 Å². The van der Waals surface area contributed by atoms with E-state index in [0.29, 0.717) is 17.0 Å². The van der Waals surface area contributed by atoms with Crippen molar-refractivity contribution < 1.29 is 4.42 Å². The molecule has 5 heteroatoms. The van der Waals surface area contributed by atoms with Crippen LogP contribution in [0.3, 0.4) is 0 Å². The zero-order valence-electron chi connectivity index (χ0n) is 14.8. The van der Waals surface area contributed by atoms with Crippen molar-refractivity contribution in [1.82, 2.24) is 4.98 Å². The highest BCUT2D eigenvalue weighted by Crippen LogP contribution is 2.28. The van der Waals surface area contributed by atoms with Crippen LogP contribution in [0.4, 0.5) is 5.69 Å². The first-order valence-corrected chi connectivity index (χ1v) is 8.60. The third kappa shape index (κ3) is 3.46. The van der Waals surface area contributed by atoms with Gasteiger partial charge in [0.1, 0.15) is 23.2 Å². The molecule has 0 bridgehead atoms. The fraction of sp³-hybridized carbons (Fsp3) is 0. The molecule has 4 rings (SSSR count). The fourth-order valence-electron chi connectivity index (χ4n) is 2.82. The van der Waals surface area contributed by atoms with Crippen LogP contribution in [0.15, 0.2) is 89.0 Å². The lowest BCUT2D eigenvalue weighted by atomic mass is 10.0. The lowest BCUT2D eigenvalue weighted by Crippen LogP contribution is -1.89. The Hall–Kier alpha value is -4.35. The van der Waals surface area contributed by atoms with E-state index in [9.17, 15) is 0 Å². The Morgan fingerprint density at radius 2 is 1.54 bits per heavy atom. The molecule has 0 radical (unpaired) electrons. The van der Waals surface area contributed by atoms with Crippen molar-refractivity contribution in [3.63, 3.8) is 0 Å². The van der Waals surface area contributed by atoms with E-state index in [1.54, 1.807) is 24.3 Å². The molecule has 0 spiro atoms. The number of benzene rings is 3. The zero-order chi connectivity index (χ0) is 19.3. The summed E-state index contributed by atoms with van der Waals surface area (Å²) >= 11 is 0. The Morgan fingerprint density at radius 1 is 0.857 bits per heavy atom. The maximum atomic E-state index is 8.79. The van der Waals surface area contributed by atoms with Crippen LogP contribution in [0, 0.1) is 22.7 Å². The molecule has 0 atom stereocenters. The van der Waals surface area contributed by atoms with Gasteiger partial charge in [-0.1, -0.05) is 42.5 Å². The van der Waals surface area contributed by atoms with Crippen LogP contribution in [0.5, 0.6) is 0 Å². The number of fused-ring (bicyclic) bond motifs is 1. The first kappa shape index (κ1) is 17.1. The van der Waals surface area contributed by atoms with Crippen LogP contribution < -0.4 is 5.32 Å². The van der Waals surface area contributed by atoms with Crippen LogP contribution in [-0.2, 0) is 0 Å². The predicted octanol–water partition coefficient (Wildman–Crippen LogP) is 5.50. The summed E-state index contributed by atoms with van der Waals surface area (Å²) in [6, 6.07) is 27.3. The second-order valence-electron chi connectivity index (χ2n) is 6.07. The molecule has 28 heavy (non-hydrogen) atoms. The van der Waals surface area contributed by atoms with Gasteiger partial charge in [0.2, 0.25) is 5.89 Å². The van der Waals surface area contributed by atoms with E-state index >= 15 is 0 Å². The number of oxazole rings is 1. The SMILES string of the molecule is N#CC(C#N)=CNc1ccc2oc(-c3ccc(-c4ccccc4)cc3)nc2c1. The van der Waals surface area contributed by atoms with Gasteiger partial charge in [-0.2, -0.15) is 10.5 Å². The van der Waals surface area contributed by atoms with Gasteiger partial charge in [0, 0.05) is 17.5 Å². The van der Waals surface area contributed by atoms with Crippen molar-refractivity contribution in [2.45, 2.75) is 0 Å². The summed E-state index contributed by atoms with van der Waals surface area (Å²) in [4.78, 5) is 4.56. The topological polar surface area (TPSA) is 85.6 Å². The molecule has 0 saturated heterocycles. The van der Waals surface area contributed by atoms with E-state index in [2.05, 4.69) is 22.4 Å². The van der Waals surface area contributed by atoms with E-state index < -0.39 is 0 Å². The molecule has 1 N–H and O–H groups in total. The fourth-order valence-corrected chi connectivity index (χ4v) is 2.82. The Balaban J connectivity index is 1.60. The molecular weight excluding hydrogens is 348 g/mol. The molecule has 0 amide bonds. The Kier molecular flexibility index (Phi) is 4.57. The summed E-state index contributed by atoms with van der Waals surface area (Å²) in [6.07, 6.45) is 1.37. The van der Waals surface area contributed by atoms with Gasteiger partial charge >= 0.3 is 0 Å². The largest absolute Gasteiger partial charge is 0.436 e. The van der Waals surface area contributed by atoms with Gasteiger partial charge in [0.05, 0.1) is 0 Å². The van der Waals surface area contributed by atoms with Crippen LogP contribution in [0.2, 0.25) is 0 Å². The first-order chi connectivity index (χ1) is 13.8. The quantitative estimate of drug-likeness (QED) is 0.484. The highest BCUT2D eigenvalue weighted by molar-refractivity contribution is 5.80. The lowest BCUT2D eigenvalue weighted by molar-refractivity contribution is 0.620. The summed E-state index contributed by atoms with van der Waals surface area (Å²) in [6.45, 7) is 0. The zero-order valence-corrected chi connectivity index (χ0v) is 14.8. The minimum atomic E-state index is -0.000514. The third-order valence-electron chi connectivity index (χ3n) is 4.25. The van der Waals surface area contributed by atoms with Crippen molar-refractivity contribution >= 4 is 16.8 Å². The normalized spacial score (nSPS) is 10.1. The number of hydrogen-bond acceptors (Lipinski definition) is 5. The molecule has 132 valence electrons. The molecule has 0 aliphatic heterocycles. The van der Waals surface area contributed by atoms with Crippen LogP contribution in [-0.4, -0.2) is 4.98 Å². The van der Waals surface area contributed by atoms with Gasteiger partial charge in [-0.3, -0.25) is 0 Å². The van der Waals surface area contributed by atoms with Crippen molar-refractivity contribution in [1.29, 1.82) is 10.5 Å². The van der Waals surface area contributed by atoms with Gasteiger partial charge in [-0.15, -0.1) is 0 Å². The third-order valence-corrected chi connectivity index (χ3v) is 4.25. The molecule has 1 aromatic heterocycles. The summed E-state index contributed by atoms with van der Waals surface area (Å²) in [7, 11) is 0. The van der Waals surface area contributed by atoms with Crippen molar-refractivity contribution in [3.8, 4) is 34.7 Å². The van der Waals surface area contributed by atoms with Crippen LogP contribution in [0.25, 0.3) is 33.7 Å². The summed E-state index contributed by atoms with van der Waals surface area (Å²) in [5.74, 6) is 0.539. The highest BCUT2D eigenvalue weighted by atomic mass is 16.3. The number of anilines is 1. The van der Waals surface area contributed by atoms with E-state index in [-0.39, 0.29) is 5.57 Å². The summed E-state index contributed by atoms with van der Waals surface area (Å²) in [5.41, 5.74) is 5.25. The molecular formula is C23H14N4O. The van der Waals surface area contributed by atoms with Crippen LogP contribution in [0.1, 0.15) is 0 Å². The van der Waals surface area contributed by atoms with Crippen molar-refractivity contribution in [2.75, 3.05) is 5.32 Å². The van der Waals surface area contributed by atoms with Gasteiger partial charge in [0.25, 0.3) is 0 Å². The number of aromatic nitrogens is 1. The Labute approximate surface area is 161 Å². The molecule has 5 nitrogen and oxygen atoms in total. The number of nitriles is 2. The summed E-state index contributed by atoms with van der Waals surface area (Å²) < 4.78 is 5.86. The van der Waals surface area contributed by atoms with E-state index in [1.807, 2.05) is 48.5 Å². The maximum absolute atomic E-state index is 8.79. The standard InChI is InChI=1S/C23H14N4O/c24-13-16(14-25)15-26-20-10-11-22-21(12-20)27-23(28-22)19-8-6-18(7-9-19)17-4-2-1-3-5-17/h1-12,15,26H. The van der Waals surface area contributed by atoms with Gasteiger partial charge in [-0.25, -0.2) is 4.98 Å². The minimum absolute atomic E-state index is 0.000514. The molecule has 0 aliphatic rings. The monoisotopic (exact) mass is 362 g/mol. The van der Waals surface area contributed by atoms with Crippen LogP contribution >= 0.6 is 0 Å². The maximum Gasteiger partial charge on any atom is 0.227 e. The number of nitrogens with zero attached hydrogens (tertiary/aromatic N) is 3. The number of allylic oxidation sites excluding steroid dienone is 1. The van der Waals surface area contributed by atoms with Gasteiger partial charge in [0.15, 0.2) is 5.58 Å². The van der Waals surface area contributed by atoms with E-state index in [1.165, 1.54) is 6.20 Å². The minimum Gasteiger partial charge on any atom is -0.436 e. The second kappa shape index (κ2) is 7.49. The van der Waals surface area contributed by atoms with E-state index in [4.69, 9.17) is 14.9 Å². The predicted molar refractivity (Wildman–Crippen MR) is 108 cm³/mol. The smallest absolute Gasteiger partial charge is 0.227 e. The highest BCUT2D eigenvalue weighted by Gasteiger charge is 2.09. The molecule has 1 heterocycles. The van der Waals surface area contributed by atoms with Gasteiger partial charge < -0.3 is 9.73 Å². The Bertz CT molecular complexity index is 1220. The van der Waals surface area contributed by atoms with Gasteiger partial charge in [-0.05, 0) is 41.5 Å². The number of hydrogen-bond donors (Lipinski definition) is 1. The molecule has 4 aromatic rings. The number of nitrogens with one attached hydrogen (secondary N) is 1.